The first-order valence-corrected chi connectivity index (χ1v) is 21.7. The Labute approximate surface area is 348 Å². The van der Waals surface area contributed by atoms with Gasteiger partial charge in [0.05, 0.1) is 11.1 Å². The molecule has 59 heavy (non-hydrogen) atoms. The van der Waals surface area contributed by atoms with Crippen LogP contribution in [0.3, 0.4) is 0 Å². The Morgan fingerprint density at radius 3 is 1.39 bits per heavy atom. The van der Waals surface area contributed by atoms with E-state index in [4.69, 9.17) is 0 Å². The topological polar surface area (TPSA) is 3.24 Å². The zero-order valence-electron chi connectivity index (χ0n) is 33.9. The summed E-state index contributed by atoms with van der Waals surface area (Å²) in [6, 6.07) is 69.5. The third kappa shape index (κ3) is 4.85. The molecule has 0 aromatic heterocycles. The minimum Gasteiger partial charge on any atom is -0.310 e. The van der Waals surface area contributed by atoms with E-state index >= 15 is 0 Å². The molecule has 1 spiro atoms. The standard InChI is InChI=1S/C58H47N/c1-57(2)50-27-13-8-22-43(50)47-34-32-39(36-54(47)57)59(56-31-17-12-26-49(56)42-21-7-6-20-41(42)38-18-4-3-5-19-38)40-33-35-48-46-25-11-16-30-53(46)58(55(48)37-40)51-28-14-9-23-44(51)45-24-10-15-29-52(45)58/h6-17,20-38H,3-5,18-19H2,1-2H3. The van der Waals surface area contributed by atoms with Crippen LogP contribution in [0.1, 0.15) is 90.8 Å². The minimum atomic E-state index is -0.421. The summed E-state index contributed by atoms with van der Waals surface area (Å²) in [6.07, 6.45) is 6.50. The molecule has 284 valence electrons. The molecule has 1 heteroatoms. The number of rotatable bonds is 5. The lowest BCUT2D eigenvalue weighted by atomic mass is 9.70. The molecule has 12 rings (SSSR count). The van der Waals surface area contributed by atoms with Crippen molar-refractivity contribution >= 4 is 17.1 Å². The summed E-state index contributed by atoms with van der Waals surface area (Å²) in [6.45, 7) is 4.79. The van der Waals surface area contributed by atoms with E-state index in [0.29, 0.717) is 5.92 Å². The van der Waals surface area contributed by atoms with Crippen molar-refractivity contribution in [2.24, 2.45) is 0 Å². The zero-order valence-corrected chi connectivity index (χ0v) is 33.9. The first-order valence-electron chi connectivity index (χ1n) is 21.7. The minimum absolute atomic E-state index is 0.123. The molecule has 8 aromatic carbocycles. The van der Waals surface area contributed by atoms with Crippen LogP contribution in [0.5, 0.6) is 0 Å². The molecule has 0 amide bonds. The molecule has 0 aliphatic heterocycles. The molecule has 0 bridgehead atoms. The van der Waals surface area contributed by atoms with Gasteiger partial charge in [-0.15, -0.1) is 0 Å². The summed E-state index contributed by atoms with van der Waals surface area (Å²) in [4.78, 5) is 2.58. The highest BCUT2D eigenvalue weighted by molar-refractivity contribution is 5.97. The van der Waals surface area contributed by atoms with Gasteiger partial charge in [-0.3, -0.25) is 0 Å². The summed E-state index contributed by atoms with van der Waals surface area (Å²) in [5.41, 5.74) is 23.4. The Hall–Kier alpha value is -6.44. The number of hydrogen-bond acceptors (Lipinski definition) is 1. The van der Waals surface area contributed by atoms with E-state index in [1.54, 1.807) is 0 Å². The van der Waals surface area contributed by atoms with E-state index in [-0.39, 0.29) is 5.41 Å². The fourth-order valence-corrected chi connectivity index (χ4v) is 11.9. The number of anilines is 3. The third-order valence-electron chi connectivity index (χ3n) is 14.5. The molecule has 4 aliphatic rings. The smallest absolute Gasteiger partial charge is 0.0726 e. The van der Waals surface area contributed by atoms with Crippen LogP contribution in [0.4, 0.5) is 17.1 Å². The van der Waals surface area contributed by atoms with Crippen molar-refractivity contribution in [1.82, 2.24) is 0 Å². The van der Waals surface area contributed by atoms with Gasteiger partial charge >= 0.3 is 0 Å². The van der Waals surface area contributed by atoms with Gasteiger partial charge in [0.15, 0.2) is 0 Å². The van der Waals surface area contributed by atoms with Crippen LogP contribution in [0.25, 0.3) is 44.5 Å². The lowest BCUT2D eigenvalue weighted by Gasteiger charge is -2.33. The highest BCUT2D eigenvalue weighted by Gasteiger charge is 2.51. The highest BCUT2D eigenvalue weighted by atomic mass is 15.1. The van der Waals surface area contributed by atoms with Crippen molar-refractivity contribution in [3.05, 3.63) is 221 Å². The van der Waals surface area contributed by atoms with Crippen molar-refractivity contribution in [3.8, 4) is 44.5 Å². The van der Waals surface area contributed by atoms with Crippen molar-refractivity contribution < 1.29 is 0 Å². The van der Waals surface area contributed by atoms with E-state index in [2.05, 4.69) is 201 Å². The average molecular weight is 758 g/mol. The van der Waals surface area contributed by atoms with Crippen LogP contribution in [0.15, 0.2) is 182 Å². The summed E-state index contributed by atoms with van der Waals surface area (Å²) in [5, 5.41) is 0. The normalized spacial score (nSPS) is 16.2. The van der Waals surface area contributed by atoms with Crippen LogP contribution in [-0.2, 0) is 10.8 Å². The van der Waals surface area contributed by atoms with Gasteiger partial charge in [-0.05, 0) is 127 Å². The van der Waals surface area contributed by atoms with Crippen LogP contribution < -0.4 is 4.90 Å². The maximum absolute atomic E-state index is 2.58. The summed E-state index contributed by atoms with van der Waals surface area (Å²) < 4.78 is 0. The summed E-state index contributed by atoms with van der Waals surface area (Å²) in [5.74, 6) is 0.585. The molecule has 1 fully saturated rings. The number of para-hydroxylation sites is 1. The first kappa shape index (κ1) is 34.6. The zero-order chi connectivity index (χ0) is 39.3. The number of benzene rings is 8. The van der Waals surface area contributed by atoms with Gasteiger partial charge in [0, 0.05) is 22.4 Å². The Bertz CT molecular complexity index is 2910. The Kier molecular flexibility index (Phi) is 7.64. The van der Waals surface area contributed by atoms with Crippen molar-refractivity contribution in [3.63, 3.8) is 0 Å². The Balaban J connectivity index is 1.12. The molecular weight excluding hydrogens is 711 g/mol. The number of fused-ring (bicyclic) bond motifs is 13. The molecule has 1 saturated carbocycles. The van der Waals surface area contributed by atoms with Crippen LogP contribution in [-0.4, -0.2) is 0 Å². The van der Waals surface area contributed by atoms with Crippen molar-refractivity contribution in [1.29, 1.82) is 0 Å². The molecule has 1 nitrogen and oxygen atoms in total. The first-order chi connectivity index (χ1) is 29.0. The molecule has 0 saturated heterocycles. The maximum atomic E-state index is 2.58. The molecule has 0 atom stereocenters. The molecule has 0 unspecified atom stereocenters. The van der Waals surface area contributed by atoms with Gasteiger partial charge in [-0.25, -0.2) is 0 Å². The lowest BCUT2D eigenvalue weighted by Crippen LogP contribution is -2.26. The van der Waals surface area contributed by atoms with Gasteiger partial charge in [-0.2, -0.15) is 0 Å². The van der Waals surface area contributed by atoms with Gasteiger partial charge in [-0.1, -0.05) is 185 Å². The summed E-state index contributed by atoms with van der Waals surface area (Å²) in [7, 11) is 0. The predicted molar refractivity (Wildman–Crippen MR) is 246 cm³/mol. The second-order valence-corrected chi connectivity index (χ2v) is 17.8. The largest absolute Gasteiger partial charge is 0.310 e. The SMILES string of the molecule is CC1(C)c2ccccc2-c2ccc(N(c3ccc4c(c3)C3(c5ccccc5-c5ccccc53)c3ccccc3-4)c3ccccc3-c3ccccc3C3CCCCC3)cc21. The maximum Gasteiger partial charge on any atom is 0.0726 e. The third-order valence-corrected chi connectivity index (χ3v) is 14.5. The fraction of sp³-hybridized carbons (Fsp3) is 0.172. The molecule has 4 aliphatic carbocycles. The van der Waals surface area contributed by atoms with Gasteiger partial charge in [0.2, 0.25) is 0 Å². The van der Waals surface area contributed by atoms with E-state index in [9.17, 15) is 0 Å². The quantitative estimate of drug-likeness (QED) is 0.169. The van der Waals surface area contributed by atoms with Crippen LogP contribution in [0, 0.1) is 0 Å². The lowest BCUT2D eigenvalue weighted by molar-refractivity contribution is 0.444. The number of nitrogens with zero attached hydrogens (tertiary/aromatic N) is 1. The second-order valence-electron chi connectivity index (χ2n) is 17.8. The molecule has 8 aromatic rings. The van der Waals surface area contributed by atoms with E-state index in [1.165, 1.54) is 133 Å². The van der Waals surface area contributed by atoms with E-state index in [0.717, 1.165) is 0 Å². The number of hydrogen-bond donors (Lipinski definition) is 0. The fourth-order valence-electron chi connectivity index (χ4n) is 11.9. The second kappa shape index (κ2) is 13.0. The summed E-state index contributed by atoms with van der Waals surface area (Å²) >= 11 is 0. The monoisotopic (exact) mass is 757 g/mol. The average Bonchev–Trinajstić information content (AvgIpc) is 3.85. The van der Waals surface area contributed by atoms with Gasteiger partial charge in [0.1, 0.15) is 0 Å². The highest BCUT2D eigenvalue weighted by Crippen LogP contribution is 2.63. The van der Waals surface area contributed by atoms with Crippen LogP contribution >= 0.6 is 0 Å². The molecular formula is C58H47N. The van der Waals surface area contributed by atoms with E-state index in [1.807, 2.05) is 0 Å². The molecule has 0 radical (unpaired) electrons. The Morgan fingerprint density at radius 2 is 0.797 bits per heavy atom. The van der Waals surface area contributed by atoms with Gasteiger partial charge < -0.3 is 4.90 Å². The molecule has 0 N–H and O–H groups in total. The van der Waals surface area contributed by atoms with Crippen molar-refractivity contribution in [2.75, 3.05) is 4.90 Å². The van der Waals surface area contributed by atoms with Gasteiger partial charge in [0.25, 0.3) is 0 Å². The molecule has 0 heterocycles. The Morgan fingerprint density at radius 1 is 0.373 bits per heavy atom. The predicted octanol–water partition coefficient (Wildman–Crippen LogP) is 15.5. The van der Waals surface area contributed by atoms with E-state index < -0.39 is 5.41 Å². The van der Waals surface area contributed by atoms with Crippen molar-refractivity contribution in [2.45, 2.75) is 62.7 Å². The van der Waals surface area contributed by atoms with Crippen LogP contribution in [0.2, 0.25) is 0 Å².